The number of ketones is 1. The number of Topliss-reactive ketones (excluding diaryl/α,β-unsaturated/α-hetero) is 1. The predicted octanol–water partition coefficient (Wildman–Crippen LogP) is 2.71. The fraction of sp³-hybridized carbons (Fsp3) is 0.533. The van der Waals surface area contributed by atoms with Crippen LogP contribution in [0, 0.1) is 0 Å². The van der Waals surface area contributed by atoms with Gasteiger partial charge in [0.2, 0.25) is 0 Å². The topological polar surface area (TPSA) is 29.5 Å². The first kappa shape index (κ1) is 14.4. The van der Waals surface area contributed by atoms with E-state index in [1.165, 1.54) is 6.42 Å². The zero-order valence-corrected chi connectivity index (χ0v) is 12.4. The molecule has 1 aromatic rings. The summed E-state index contributed by atoms with van der Waals surface area (Å²) in [5, 5.41) is 0.678. The van der Waals surface area contributed by atoms with Crippen LogP contribution in [0.25, 0.3) is 0 Å². The third-order valence-electron chi connectivity index (χ3n) is 3.46. The third kappa shape index (κ3) is 3.98. The van der Waals surface area contributed by atoms with Crippen molar-refractivity contribution in [2.75, 3.05) is 32.5 Å². The molecule has 0 aromatic heterocycles. The minimum atomic E-state index is 0.199. The summed E-state index contributed by atoms with van der Waals surface area (Å²) in [7, 11) is 1.63. The molecule has 0 spiro atoms. The second-order valence-corrected chi connectivity index (χ2v) is 6.20. The first-order valence-corrected chi connectivity index (χ1v) is 7.79. The lowest BCUT2D eigenvalue weighted by molar-refractivity contribution is 0.0932. The monoisotopic (exact) mass is 279 g/mol. The van der Waals surface area contributed by atoms with Crippen molar-refractivity contribution in [3.63, 3.8) is 0 Å². The van der Waals surface area contributed by atoms with E-state index in [0.29, 0.717) is 11.8 Å². The molecule has 0 N–H and O–H groups in total. The van der Waals surface area contributed by atoms with Gasteiger partial charge in [-0.25, -0.2) is 0 Å². The van der Waals surface area contributed by atoms with Crippen molar-refractivity contribution in [3.8, 4) is 5.75 Å². The number of carbonyl (C=O) groups is 1. The summed E-state index contributed by atoms with van der Waals surface area (Å²) in [4.78, 5) is 14.5. The number of nitrogens with zero attached hydrogens (tertiary/aromatic N) is 1. The molecule has 1 atom stereocenters. The van der Waals surface area contributed by atoms with Gasteiger partial charge in [-0.15, -0.1) is 0 Å². The lowest BCUT2D eigenvalue weighted by Crippen LogP contribution is -2.40. The van der Waals surface area contributed by atoms with Crippen LogP contribution in [0.4, 0.5) is 0 Å². The van der Waals surface area contributed by atoms with E-state index in [2.05, 4.69) is 11.8 Å². The molecular weight excluding hydrogens is 258 g/mol. The summed E-state index contributed by atoms with van der Waals surface area (Å²) >= 11 is 2.03. The molecule has 4 heteroatoms. The Hall–Kier alpha value is -1.00. The van der Waals surface area contributed by atoms with Crippen LogP contribution in [0.3, 0.4) is 0 Å². The van der Waals surface area contributed by atoms with Gasteiger partial charge in [0.1, 0.15) is 5.75 Å². The van der Waals surface area contributed by atoms with Crippen LogP contribution in [-0.2, 0) is 0 Å². The largest absolute Gasteiger partial charge is 0.497 e. The van der Waals surface area contributed by atoms with Crippen molar-refractivity contribution in [2.45, 2.75) is 18.6 Å². The molecule has 1 aromatic carbocycles. The lowest BCUT2D eigenvalue weighted by Gasteiger charge is -2.31. The molecule has 19 heavy (non-hydrogen) atoms. The Kier molecular flexibility index (Phi) is 5.28. The summed E-state index contributed by atoms with van der Waals surface area (Å²) in [5.41, 5.74) is 0.770. The number of methoxy groups -OCH3 is 1. The average Bonchev–Trinajstić information content (AvgIpc) is 2.47. The lowest BCUT2D eigenvalue weighted by atomic mass is 10.1. The minimum Gasteiger partial charge on any atom is -0.497 e. The third-order valence-corrected chi connectivity index (χ3v) is 4.83. The van der Waals surface area contributed by atoms with Crippen LogP contribution in [-0.4, -0.2) is 48.4 Å². The predicted molar refractivity (Wildman–Crippen MR) is 80.3 cm³/mol. The first-order chi connectivity index (χ1) is 9.22. The van der Waals surface area contributed by atoms with Gasteiger partial charge in [0.25, 0.3) is 0 Å². The number of hydrogen-bond acceptors (Lipinski definition) is 4. The molecular formula is C15H21NO2S. The summed E-state index contributed by atoms with van der Waals surface area (Å²) < 4.78 is 5.10. The Morgan fingerprint density at radius 2 is 2.16 bits per heavy atom. The maximum atomic E-state index is 12.2. The van der Waals surface area contributed by atoms with Crippen LogP contribution in [0.2, 0.25) is 0 Å². The SMILES string of the molecule is CCC1CN(CC(=O)c2ccc(OC)cc2)CCS1. The highest BCUT2D eigenvalue weighted by Gasteiger charge is 2.21. The number of thioether (sulfide) groups is 1. The molecule has 3 nitrogen and oxygen atoms in total. The molecule has 1 aliphatic rings. The van der Waals surface area contributed by atoms with Crippen LogP contribution in [0.15, 0.2) is 24.3 Å². The highest BCUT2D eigenvalue weighted by atomic mass is 32.2. The van der Waals surface area contributed by atoms with Gasteiger partial charge in [-0.1, -0.05) is 6.92 Å². The van der Waals surface area contributed by atoms with Gasteiger partial charge < -0.3 is 4.74 Å². The number of ether oxygens (including phenoxy) is 1. The Balaban J connectivity index is 1.92. The molecule has 1 heterocycles. The molecule has 0 radical (unpaired) electrons. The molecule has 1 saturated heterocycles. The molecule has 1 unspecified atom stereocenters. The number of rotatable bonds is 5. The van der Waals surface area contributed by atoms with Gasteiger partial charge in [0.15, 0.2) is 5.78 Å². The summed E-state index contributed by atoms with van der Waals surface area (Å²) in [5.74, 6) is 2.12. The quantitative estimate of drug-likeness (QED) is 0.775. The van der Waals surface area contributed by atoms with Gasteiger partial charge in [-0.05, 0) is 30.7 Å². The Bertz CT molecular complexity index is 419. The fourth-order valence-electron chi connectivity index (χ4n) is 2.24. The van der Waals surface area contributed by atoms with Crippen molar-refractivity contribution < 1.29 is 9.53 Å². The molecule has 0 amide bonds. The van der Waals surface area contributed by atoms with Crippen molar-refractivity contribution in [1.29, 1.82) is 0 Å². The highest BCUT2D eigenvalue weighted by Crippen LogP contribution is 2.21. The molecule has 1 aliphatic heterocycles. The maximum Gasteiger partial charge on any atom is 0.176 e. The van der Waals surface area contributed by atoms with E-state index in [4.69, 9.17) is 4.74 Å². The molecule has 2 rings (SSSR count). The average molecular weight is 279 g/mol. The van der Waals surface area contributed by atoms with E-state index in [-0.39, 0.29) is 5.78 Å². The molecule has 0 aliphatic carbocycles. The zero-order chi connectivity index (χ0) is 13.7. The van der Waals surface area contributed by atoms with Gasteiger partial charge in [-0.3, -0.25) is 9.69 Å². The van der Waals surface area contributed by atoms with E-state index in [1.807, 2.05) is 36.0 Å². The van der Waals surface area contributed by atoms with Crippen LogP contribution < -0.4 is 4.74 Å². The van der Waals surface area contributed by atoms with E-state index in [0.717, 1.165) is 30.2 Å². The Morgan fingerprint density at radius 1 is 1.42 bits per heavy atom. The molecule has 0 saturated carbocycles. The van der Waals surface area contributed by atoms with E-state index in [1.54, 1.807) is 7.11 Å². The van der Waals surface area contributed by atoms with Crippen molar-refractivity contribution in [1.82, 2.24) is 4.90 Å². The highest BCUT2D eigenvalue weighted by molar-refractivity contribution is 8.00. The fourth-order valence-corrected chi connectivity index (χ4v) is 3.49. The second-order valence-electron chi connectivity index (χ2n) is 4.79. The molecule has 104 valence electrons. The van der Waals surface area contributed by atoms with E-state index in [9.17, 15) is 4.79 Å². The van der Waals surface area contributed by atoms with Crippen LogP contribution >= 0.6 is 11.8 Å². The van der Waals surface area contributed by atoms with E-state index < -0.39 is 0 Å². The maximum absolute atomic E-state index is 12.2. The smallest absolute Gasteiger partial charge is 0.176 e. The van der Waals surface area contributed by atoms with Crippen molar-refractivity contribution in [3.05, 3.63) is 29.8 Å². The van der Waals surface area contributed by atoms with Crippen LogP contribution in [0.5, 0.6) is 5.75 Å². The zero-order valence-electron chi connectivity index (χ0n) is 11.6. The Labute approximate surface area is 119 Å². The number of carbonyl (C=O) groups excluding carboxylic acids is 1. The second kappa shape index (κ2) is 6.96. The molecule has 0 bridgehead atoms. The normalized spacial score (nSPS) is 20.2. The number of hydrogen-bond donors (Lipinski definition) is 0. The standard InChI is InChI=1S/C15H21NO2S/c1-3-14-10-16(8-9-19-14)11-15(17)12-4-6-13(18-2)7-5-12/h4-7,14H,3,8-11H2,1-2H3. The first-order valence-electron chi connectivity index (χ1n) is 6.74. The number of benzene rings is 1. The molecule has 1 fully saturated rings. The van der Waals surface area contributed by atoms with Crippen molar-refractivity contribution in [2.24, 2.45) is 0 Å². The van der Waals surface area contributed by atoms with Crippen molar-refractivity contribution >= 4 is 17.5 Å². The van der Waals surface area contributed by atoms with Gasteiger partial charge in [0, 0.05) is 29.7 Å². The van der Waals surface area contributed by atoms with Gasteiger partial charge >= 0.3 is 0 Å². The Morgan fingerprint density at radius 3 is 2.79 bits per heavy atom. The van der Waals surface area contributed by atoms with Crippen LogP contribution in [0.1, 0.15) is 23.7 Å². The summed E-state index contributed by atoms with van der Waals surface area (Å²) in [6.07, 6.45) is 1.18. The van der Waals surface area contributed by atoms with E-state index >= 15 is 0 Å². The van der Waals surface area contributed by atoms with Gasteiger partial charge in [-0.2, -0.15) is 11.8 Å². The summed E-state index contributed by atoms with van der Waals surface area (Å²) in [6, 6.07) is 7.37. The minimum absolute atomic E-state index is 0.199. The van der Waals surface area contributed by atoms with Gasteiger partial charge in [0.05, 0.1) is 13.7 Å². The summed E-state index contributed by atoms with van der Waals surface area (Å²) in [6.45, 7) is 4.79.